The summed E-state index contributed by atoms with van der Waals surface area (Å²) in [5, 5.41) is 2.20. The van der Waals surface area contributed by atoms with E-state index in [0.29, 0.717) is 5.56 Å². The molecule has 2 nitrogen and oxygen atoms in total. The topological polar surface area (TPSA) is 32.9 Å². The molecule has 3 aromatic rings. The molecule has 0 bridgehead atoms. The highest BCUT2D eigenvalue weighted by Gasteiger charge is 2.08. The van der Waals surface area contributed by atoms with E-state index >= 15 is 0 Å². The van der Waals surface area contributed by atoms with Crippen LogP contribution in [0.15, 0.2) is 42.5 Å². The number of fused-ring (bicyclic) bond motifs is 3. The van der Waals surface area contributed by atoms with Crippen molar-refractivity contribution >= 4 is 39.2 Å². The number of aromatic nitrogens is 1. The van der Waals surface area contributed by atoms with Gasteiger partial charge in [0.2, 0.25) is 0 Å². The fourth-order valence-corrected chi connectivity index (χ4v) is 2.25. The number of alkyl halides is 1. The first-order valence-electron chi connectivity index (χ1n) is 5.39. The maximum atomic E-state index is 11.6. The molecular weight excluding hydrogens is 234 g/mol. The Morgan fingerprint density at radius 2 is 1.82 bits per heavy atom. The highest BCUT2D eigenvalue weighted by atomic mass is 35.5. The second-order valence-electron chi connectivity index (χ2n) is 3.99. The van der Waals surface area contributed by atoms with E-state index in [1.54, 1.807) is 0 Å². The Kier molecular flexibility index (Phi) is 2.37. The molecule has 1 heterocycles. The van der Waals surface area contributed by atoms with Gasteiger partial charge in [0.1, 0.15) is 0 Å². The largest absolute Gasteiger partial charge is 0.355 e. The number of halogens is 1. The molecule has 3 rings (SSSR count). The van der Waals surface area contributed by atoms with Crippen molar-refractivity contribution in [2.24, 2.45) is 0 Å². The van der Waals surface area contributed by atoms with Crippen molar-refractivity contribution < 1.29 is 4.79 Å². The van der Waals surface area contributed by atoms with E-state index < -0.39 is 0 Å². The predicted molar refractivity (Wildman–Crippen MR) is 70.9 cm³/mol. The smallest absolute Gasteiger partial charge is 0.177 e. The van der Waals surface area contributed by atoms with E-state index in [1.807, 2.05) is 42.5 Å². The Bertz CT molecular complexity index is 714. The monoisotopic (exact) mass is 243 g/mol. The van der Waals surface area contributed by atoms with Crippen molar-refractivity contribution in [2.45, 2.75) is 0 Å². The zero-order valence-electron chi connectivity index (χ0n) is 9.03. The van der Waals surface area contributed by atoms with E-state index in [0.717, 1.165) is 21.8 Å². The Morgan fingerprint density at radius 3 is 2.65 bits per heavy atom. The molecule has 3 heteroatoms. The van der Waals surface area contributed by atoms with Gasteiger partial charge in [0.15, 0.2) is 5.78 Å². The average molecular weight is 244 g/mol. The minimum atomic E-state index is -0.0427. The normalized spacial score (nSPS) is 11.1. The molecule has 0 aliphatic rings. The van der Waals surface area contributed by atoms with Gasteiger partial charge in [-0.05, 0) is 24.3 Å². The molecule has 0 atom stereocenters. The number of benzene rings is 2. The van der Waals surface area contributed by atoms with Crippen LogP contribution in [0.4, 0.5) is 0 Å². The summed E-state index contributed by atoms with van der Waals surface area (Å²) in [6.07, 6.45) is 0. The highest BCUT2D eigenvalue weighted by molar-refractivity contribution is 6.30. The van der Waals surface area contributed by atoms with Gasteiger partial charge < -0.3 is 4.98 Å². The van der Waals surface area contributed by atoms with Crippen LogP contribution in [-0.2, 0) is 0 Å². The van der Waals surface area contributed by atoms with Crippen molar-refractivity contribution in [1.29, 1.82) is 0 Å². The van der Waals surface area contributed by atoms with Crippen LogP contribution in [0.25, 0.3) is 21.8 Å². The Balaban J connectivity index is 2.33. The molecule has 0 unspecified atom stereocenters. The molecule has 2 aromatic carbocycles. The Hall–Kier alpha value is -1.80. The van der Waals surface area contributed by atoms with Crippen molar-refractivity contribution in [3.05, 3.63) is 48.0 Å². The molecule has 0 saturated heterocycles. The summed E-state index contributed by atoms with van der Waals surface area (Å²) in [6.45, 7) is 0. The van der Waals surface area contributed by atoms with Gasteiger partial charge in [-0.15, -0.1) is 11.6 Å². The van der Waals surface area contributed by atoms with Gasteiger partial charge >= 0.3 is 0 Å². The van der Waals surface area contributed by atoms with Crippen LogP contribution in [0.3, 0.4) is 0 Å². The molecule has 0 spiro atoms. The first-order chi connectivity index (χ1) is 8.29. The van der Waals surface area contributed by atoms with Crippen molar-refractivity contribution in [1.82, 2.24) is 4.98 Å². The van der Waals surface area contributed by atoms with E-state index in [9.17, 15) is 4.79 Å². The van der Waals surface area contributed by atoms with Gasteiger partial charge in [-0.3, -0.25) is 4.79 Å². The van der Waals surface area contributed by atoms with Crippen molar-refractivity contribution in [3.63, 3.8) is 0 Å². The SMILES string of the molecule is O=C(CCl)c1ccc2[nH]c3ccccc3c2c1. The van der Waals surface area contributed by atoms with Gasteiger partial charge in [-0.2, -0.15) is 0 Å². The molecule has 84 valence electrons. The summed E-state index contributed by atoms with van der Waals surface area (Å²) in [7, 11) is 0. The van der Waals surface area contributed by atoms with Gasteiger partial charge in [-0.1, -0.05) is 18.2 Å². The Morgan fingerprint density at radius 1 is 1.06 bits per heavy atom. The third-order valence-corrected chi connectivity index (χ3v) is 3.19. The first kappa shape index (κ1) is 10.4. The van der Waals surface area contributed by atoms with Gasteiger partial charge in [0, 0.05) is 27.4 Å². The van der Waals surface area contributed by atoms with Gasteiger partial charge in [0.05, 0.1) is 5.88 Å². The van der Waals surface area contributed by atoms with Crippen LogP contribution in [0.2, 0.25) is 0 Å². The number of carbonyl (C=O) groups excluding carboxylic acids is 1. The minimum Gasteiger partial charge on any atom is -0.355 e. The number of aromatic amines is 1. The maximum absolute atomic E-state index is 11.6. The fourth-order valence-electron chi connectivity index (χ4n) is 2.10. The molecule has 0 fully saturated rings. The maximum Gasteiger partial charge on any atom is 0.177 e. The summed E-state index contributed by atoms with van der Waals surface area (Å²) < 4.78 is 0. The first-order valence-corrected chi connectivity index (χ1v) is 5.92. The van der Waals surface area contributed by atoms with Gasteiger partial charge in [0.25, 0.3) is 0 Å². The van der Waals surface area contributed by atoms with Crippen LogP contribution < -0.4 is 0 Å². The number of ketones is 1. The van der Waals surface area contributed by atoms with E-state index in [2.05, 4.69) is 4.98 Å². The lowest BCUT2D eigenvalue weighted by atomic mass is 10.1. The van der Waals surface area contributed by atoms with E-state index in [1.165, 1.54) is 0 Å². The lowest BCUT2D eigenvalue weighted by molar-refractivity contribution is 0.102. The zero-order chi connectivity index (χ0) is 11.8. The third kappa shape index (κ3) is 1.61. The van der Waals surface area contributed by atoms with Crippen LogP contribution in [0.1, 0.15) is 10.4 Å². The minimum absolute atomic E-state index is 0.0217. The van der Waals surface area contributed by atoms with Crippen molar-refractivity contribution in [3.8, 4) is 0 Å². The number of H-pyrrole nitrogens is 1. The molecule has 0 amide bonds. The molecule has 0 radical (unpaired) electrons. The lowest BCUT2D eigenvalue weighted by Crippen LogP contribution is -1.99. The number of rotatable bonds is 2. The second kappa shape index (κ2) is 3.90. The molecule has 17 heavy (non-hydrogen) atoms. The molecule has 0 aliphatic heterocycles. The predicted octanol–water partition coefficient (Wildman–Crippen LogP) is 3.74. The number of Topliss-reactive ketones (excluding diaryl/α,β-unsaturated/α-hetero) is 1. The number of para-hydroxylation sites is 1. The molecular formula is C14H10ClNO. The van der Waals surface area contributed by atoms with Crippen LogP contribution in [0, 0.1) is 0 Å². The Labute approximate surface area is 103 Å². The van der Waals surface area contributed by atoms with E-state index in [-0.39, 0.29) is 11.7 Å². The lowest BCUT2D eigenvalue weighted by Gasteiger charge is -1.97. The number of carbonyl (C=O) groups is 1. The number of hydrogen-bond donors (Lipinski definition) is 1. The second-order valence-corrected chi connectivity index (χ2v) is 4.26. The van der Waals surface area contributed by atoms with Crippen LogP contribution in [0.5, 0.6) is 0 Å². The zero-order valence-corrected chi connectivity index (χ0v) is 9.79. The van der Waals surface area contributed by atoms with E-state index in [4.69, 9.17) is 11.6 Å². The molecule has 0 aliphatic carbocycles. The summed E-state index contributed by atoms with van der Waals surface area (Å²) in [5.41, 5.74) is 2.78. The van der Waals surface area contributed by atoms with Crippen LogP contribution in [-0.4, -0.2) is 16.6 Å². The molecule has 1 N–H and O–H groups in total. The summed E-state index contributed by atoms with van der Waals surface area (Å²) in [6, 6.07) is 13.7. The van der Waals surface area contributed by atoms with Crippen LogP contribution >= 0.6 is 11.6 Å². The molecule has 1 aromatic heterocycles. The molecule has 0 saturated carbocycles. The van der Waals surface area contributed by atoms with Crippen molar-refractivity contribution in [2.75, 3.05) is 5.88 Å². The summed E-state index contributed by atoms with van der Waals surface area (Å²) in [5.74, 6) is -0.0210. The highest BCUT2D eigenvalue weighted by Crippen LogP contribution is 2.26. The fraction of sp³-hybridized carbons (Fsp3) is 0.0714. The van der Waals surface area contributed by atoms with Gasteiger partial charge in [-0.25, -0.2) is 0 Å². The average Bonchev–Trinajstić information content (AvgIpc) is 2.75. The quantitative estimate of drug-likeness (QED) is 0.540. The third-order valence-electron chi connectivity index (χ3n) is 2.95. The standard InChI is InChI=1S/C14H10ClNO/c15-8-14(17)9-5-6-13-11(7-9)10-3-1-2-4-12(10)16-13/h1-7,16H,8H2. The number of nitrogens with one attached hydrogen (secondary N) is 1. The summed E-state index contributed by atoms with van der Waals surface area (Å²) >= 11 is 5.57. The summed E-state index contributed by atoms with van der Waals surface area (Å²) in [4.78, 5) is 14.9. The number of hydrogen-bond acceptors (Lipinski definition) is 1.